The number of carbonyl (C=O) groups is 1. The second-order valence-electron chi connectivity index (χ2n) is 6.38. The van der Waals surface area contributed by atoms with Gasteiger partial charge in [-0.25, -0.2) is 0 Å². The molecule has 5 nitrogen and oxygen atoms in total. The van der Waals surface area contributed by atoms with Crippen LogP contribution in [0, 0.1) is 5.92 Å². The van der Waals surface area contributed by atoms with Gasteiger partial charge in [0.1, 0.15) is 0 Å². The summed E-state index contributed by atoms with van der Waals surface area (Å²) in [5, 5.41) is 6.17. The molecule has 2 rings (SSSR count). The molecular weight excluding hydrogens is 328 g/mol. The maximum Gasteiger partial charge on any atom is 0.237 e. The molecule has 0 saturated carbocycles. The monoisotopic (exact) mass is 356 g/mol. The molecule has 1 aliphatic heterocycles. The standard InChI is InChI=1S/C18H28N2O3.ClH/c1-13(2)8-10-23-16-7-6-14(11-17(16)22-3)12-20-18(21)15-5-4-9-19-15;/h6-7,11,13,15,19H,4-5,8-10,12H2,1-3H3,(H,20,21);1H. The van der Waals surface area contributed by atoms with Crippen LogP contribution >= 0.6 is 12.4 Å². The zero-order valence-corrected chi connectivity index (χ0v) is 15.6. The van der Waals surface area contributed by atoms with Gasteiger partial charge in [-0.1, -0.05) is 19.9 Å². The number of hydrogen-bond acceptors (Lipinski definition) is 4. The zero-order chi connectivity index (χ0) is 16.7. The normalized spacial score (nSPS) is 16.6. The Morgan fingerprint density at radius 3 is 2.79 bits per heavy atom. The van der Waals surface area contributed by atoms with Crippen molar-refractivity contribution in [3.8, 4) is 11.5 Å². The third-order valence-corrected chi connectivity index (χ3v) is 4.02. The summed E-state index contributed by atoms with van der Waals surface area (Å²) < 4.78 is 11.2. The fourth-order valence-corrected chi connectivity index (χ4v) is 2.57. The van der Waals surface area contributed by atoms with Crippen LogP contribution in [-0.2, 0) is 11.3 Å². The Morgan fingerprint density at radius 1 is 1.38 bits per heavy atom. The number of hydrogen-bond donors (Lipinski definition) is 2. The molecule has 1 unspecified atom stereocenters. The molecule has 1 aromatic rings. The highest BCUT2D eigenvalue weighted by atomic mass is 35.5. The van der Waals surface area contributed by atoms with Crippen molar-refractivity contribution in [2.24, 2.45) is 5.92 Å². The highest BCUT2D eigenvalue weighted by molar-refractivity contribution is 5.85. The summed E-state index contributed by atoms with van der Waals surface area (Å²) in [4.78, 5) is 12.0. The molecule has 0 aromatic heterocycles. The van der Waals surface area contributed by atoms with Crippen LogP contribution in [0.2, 0.25) is 0 Å². The van der Waals surface area contributed by atoms with Crippen molar-refractivity contribution >= 4 is 18.3 Å². The lowest BCUT2D eigenvalue weighted by Crippen LogP contribution is -2.39. The lowest BCUT2D eigenvalue weighted by molar-refractivity contribution is -0.122. The highest BCUT2D eigenvalue weighted by Gasteiger charge is 2.21. The highest BCUT2D eigenvalue weighted by Crippen LogP contribution is 2.28. The summed E-state index contributed by atoms with van der Waals surface area (Å²) in [6.07, 6.45) is 2.99. The Balaban J connectivity index is 0.00000288. The van der Waals surface area contributed by atoms with E-state index in [1.54, 1.807) is 7.11 Å². The van der Waals surface area contributed by atoms with Crippen LogP contribution in [0.25, 0.3) is 0 Å². The van der Waals surface area contributed by atoms with Crippen LogP contribution in [0.1, 0.15) is 38.7 Å². The van der Waals surface area contributed by atoms with Gasteiger partial charge in [-0.3, -0.25) is 4.79 Å². The number of ether oxygens (including phenoxy) is 2. The third kappa shape index (κ3) is 6.21. The van der Waals surface area contributed by atoms with Crippen molar-refractivity contribution in [2.45, 2.75) is 45.7 Å². The van der Waals surface area contributed by atoms with Gasteiger partial charge in [-0.05, 0) is 49.4 Å². The van der Waals surface area contributed by atoms with E-state index in [-0.39, 0.29) is 24.4 Å². The Bertz CT molecular complexity index is 517. The van der Waals surface area contributed by atoms with Gasteiger partial charge in [0.05, 0.1) is 19.8 Å². The number of rotatable bonds is 8. The zero-order valence-electron chi connectivity index (χ0n) is 14.8. The Hall–Kier alpha value is -1.46. The molecule has 0 bridgehead atoms. The number of methoxy groups -OCH3 is 1. The molecule has 1 saturated heterocycles. The molecule has 1 aliphatic rings. The lowest BCUT2D eigenvalue weighted by atomic mass is 10.1. The predicted octanol–water partition coefficient (Wildman–Crippen LogP) is 2.91. The summed E-state index contributed by atoms with van der Waals surface area (Å²) in [7, 11) is 1.63. The van der Waals surface area contributed by atoms with E-state index in [9.17, 15) is 4.79 Å². The average molecular weight is 357 g/mol. The minimum absolute atomic E-state index is 0. The molecule has 0 aliphatic carbocycles. The first-order valence-electron chi connectivity index (χ1n) is 8.41. The molecule has 0 spiro atoms. The van der Waals surface area contributed by atoms with Crippen molar-refractivity contribution in [1.82, 2.24) is 10.6 Å². The molecular formula is C18H29ClN2O3. The van der Waals surface area contributed by atoms with E-state index in [0.717, 1.165) is 37.1 Å². The van der Waals surface area contributed by atoms with Gasteiger partial charge in [0.2, 0.25) is 5.91 Å². The van der Waals surface area contributed by atoms with Crippen LogP contribution in [0.3, 0.4) is 0 Å². The Kier molecular flexibility index (Phi) is 8.93. The minimum Gasteiger partial charge on any atom is -0.493 e. The average Bonchev–Trinajstić information content (AvgIpc) is 3.07. The van der Waals surface area contributed by atoms with Gasteiger partial charge < -0.3 is 20.1 Å². The van der Waals surface area contributed by atoms with Crippen molar-refractivity contribution in [3.63, 3.8) is 0 Å². The summed E-state index contributed by atoms with van der Waals surface area (Å²) in [6, 6.07) is 5.76. The van der Waals surface area contributed by atoms with Crippen LogP contribution in [0.15, 0.2) is 18.2 Å². The molecule has 1 heterocycles. The van der Waals surface area contributed by atoms with E-state index in [0.29, 0.717) is 24.8 Å². The molecule has 24 heavy (non-hydrogen) atoms. The number of benzene rings is 1. The van der Waals surface area contributed by atoms with Gasteiger partial charge in [0.15, 0.2) is 11.5 Å². The van der Waals surface area contributed by atoms with Crippen molar-refractivity contribution < 1.29 is 14.3 Å². The summed E-state index contributed by atoms with van der Waals surface area (Å²) in [5.74, 6) is 2.14. The number of halogens is 1. The van der Waals surface area contributed by atoms with Crippen LogP contribution in [0.5, 0.6) is 11.5 Å². The number of carbonyl (C=O) groups excluding carboxylic acids is 1. The number of nitrogens with one attached hydrogen (secondary N) is 2. The quantitative estimate of drug-likeness (QED) is 0.752. The van der Waals surface area contributed by atoms with E-state index < -0.39 is 0 Å². The predicted molar refractivity (Wildman–Crippen MR) is 98.1 cm³/mol. The molecule has 1 fully saturated rings. The minimum atomic E-state index is -0.0458. The molecule has 1 atom stereocenters. The maximum absolute atomic E-state index is 12.0. The molecule has 6 heteroatoms. The SMILES string of the molecule is COc1cc(CNC(=O)C2CCCN2)ccc1OCCC(C)C.Cl. The fraction of sp³-hybridized carbons (Fsp3) is 0.611. The maximum atomic E-state index is 12.0. The second kappa shape index (κ2) is 10.4. The van der Waals surface area contributed by atoms with Crippen molar-refractivity contribution in [3.05, 3.63) is 23.8 Å². The smallest absolute Gasteiger partial charge is 0.237 e. The third-order valence-electron chi connectivity index (χ3n) is 4.02. The molecule has 0 radical (unpaired) electrons. The van der Waals surface area contributed by atoms with E-state index >= 15 is 0 Å². The summed E-state index contributed by atoms with van der Waals surface area (Å²) >= 11 is 0. The first-order chi connectivity index (χ1) is 11.1. The first kappa shape index (κ1) is 20.6. The van der Waals surface area contributed by atoms with E-state index in [4.69, 9.17) is 9.47 Å². The van der Waals surface area contributed by atoms with Gasteiger partial charge in [0.25, 0.3) is 0 Å². The summed E-state index contributed by atoms with van der Waals surface area (Å²) in [5.41, 5.74) is 1.00. The first-order valence-corrected chi connectivity index (χ1v) is 8.41. The van der Waals surface area contributed by atoms with Gasteiger partial charge in [0, 0.05) is 6.54 Å². The van der Waals surface area contributed by atoms with E-state index in [2.05, 4.69) is 24.5 Å². The van der Waals surface area contributed by atoms with Gasteiger partial charge in [-0.2, -0.15) is 0 Å². The van der Waals surface area contributed by atoms with Crippen LogP contribution in [0.4, 0.5) is 0 Å². The van der Waals surface area contributed by atoms with Gasteiger partial charge in [-0.15, -0.1) is 12.4 Å². The fourth-order valence-electron chi connectivity index (χ4n) is 2.57. The van der Waals surface area contributed by atoms with Crippen molar-refractivity contribution in [1.29, 1.82) is 0 Å². The Morgan fingerprint density at radius 2 is 2.17 bits per heavy atom. The van der Waals surface area contributed by atoms with Crippen LogP contribution < -0.4 is 20.1 Å². The van der Waals surface area contributed by atoms with Crippen molar-refractivity contribution in [2.75, 3.05) is 20.3 Å². The lowest BCUT2D eigenvalue weighted by Gasteiger charge is -2.14. The molecule has 2 N–H and O–H groups in total. The topological polar surface area (TPSA) is 59.6 Å². The van der Waals surface area contributed by atoms with Crippen LogP contribution in [-0.4, -0.2) is 32.2 Å². The van der Waals surface area contributed by atoms with E-state index in [1.807, 2.05) is 18.2 Å². The molecule has 136 valence electrons. The molecule has 1 amide bonds. The number of amides is 1. The van der Waals surface area contributed by atoms with E-state index in [1.165, 1.54) is 0 Å². The largest absolute Gasteiger partial charge is 0.493 e. The Labute approximate surface area is 150 Å². The second-order valence-corrected chi connectivity index (χ2v) is 6.38. The van der Waals surface area contributed by atoms with Gasteiger partial charge >= 0.3 is 0 Å². The molecule has 1 aromatic carbocycles. The summed E-state index contributed by atoms with van der Waals surface area (Å²) in [6.45, 7) is 6.45.